The van der Waals surface area contributed by atoms with Crippen LogP contribution in [0, 0.1) is 0 Å². The number of hydrogen-bond donors (Lipinski definition) is 2. The topological polar surface area (TPSA) is 90.0 Å². The molecule has 3 rings (SSSR count). The van der Waals surface area contributed by atoms with Crippen molar-refractivity contribution in [2.24, 2.45) is 5.73 Å². The van der Waals surface area contributed by atoms with Crippen LogP contribution in [0.25, 0.3) is 0 Å². The molecule has 1 aromatic heterocycles. The van der Waals surface area contributed by atoms with Gasteiger partial charge in [0, 0.05) is 31.1 Å². The molecule has 6 nitrogen and oxygen atoms in total. The number of nitrogens with two attached hydrogens (primary N) is 1. The van der Waals surface area contributed by atoms with Crippen molar-refractivity contribution >= 4 is 30.1 Å². The minimum absolute atomic E-state index is 0. The third-order valence-corrected chi connectivity index (χ3v) is 4.48. The Hall–Kier alpha value is -1.83. The highest BCUT2D eigenvalue weighted by atomic mass is 35.5. The number of hydrogen-bond acceptors (Lipinski definition) is 5. The Morgan fingerprint density at radius 1 is 1.39 bits per heavy atom. The quantitative estimate of drug-likeness (QED) is 0.807. The molecule has 3 N–H and O–H groups in total. The van der Waals surface area contributed by atoms with E-state index in [1.165, 1.54) is 22.5 Å². The summed E-state index contributed by atoms with van der Waals surface area (Å²) in [4.78, 5) is 28.6. The van der Waals surface area contributed by atoms with Crippen LogP contribution in [-0.2, 0) is 6.54 Å². The first kappa shape index (κ1) is 17.5. The van der Waals surface area contributed by atoms with Crippen LogP contribution >= 0.6 is 24.2 Å². The van der Waals surface area contributed by atoms with E-state index < -0.39 is 5.91 Å². The van der Waals surface area contributed by atoms with Crippen molar-refractivity contribution in [3.05, 3.63) is 58.0 Å². The molecule has 0 bridgehead atoms. The molecule has 0 spiro atoms. The molecular formula is C15H17ClN4O2S. The van der Waals surface area contributed by atoms with Gasteiger partial charge in [-0.05, 0) is 5.56 Å². The lowest BCUT2D eigenvalue weighted by molar-refractivity contribution is 0.0948. The molecule has 0 aliphatic carbocycles. The van der Waals surface area contributed by atoms with E-state index in [9.17, 15) is 9.59 Å². The van der Waals surface area contributed by atoms with Crippen LogP contribution in [0.4, 0.5) is 0 Å². The van der Waals surface area contributed by atoms with Gasteiger partial charge in [0.1, 0.15) is 5.56 Å². The highest BCUT2D eigenvalue weighted by Crippen LogP contribution is 2.20. The lowest BCUT2D eigenvalue weighted by Gasteiger charge is -2.13. The Bertz CT molecular complexity index is 751. The molecule has 2 aromatic rings. The second kappa shape index (κ2) is 7.63. The summed E-state index contributed by atoms with van der Waals surface area (Å²) in [5.41, 5.74) is 6.74. The molecule has 2 heterocycles. The average molecular weight is 353 g/mol. The average Bonchev–Trinajstić information content (AvgIpc) is 3.03. The molecule has 122 valence electrons. The molecule has 1 aromatic carbocycles. The highest BCUT2D eigenvalue weighted by molar-refractivity contribution is 7.99. The first-order valence-electron chi connectivity index (χ1n) is 6.98. The van der Waals surface area contributed by atoms with E-state index in [0.717, 1.165) is 11.3 Å². The minimum atomic E-state index is -0.434. The number of rotatable bonds is 4. The number of nitrogens with one attached hydrogen (secondary N) is 1. The number of amides is 1. The number of halogens is 1. The van der Waals surface area contributed by atoms with Gasteiger partial charge in [0.25, 0.3) is 11.5 Å². The van der Waals surface area contributed by atoms with Gasteiger partial charge < -0.3 is 11.1 Å². The van der Waals surface area contributed by atoms with Gasteiger partial charge in [0.15, 0.2) is 5.16 Å². The summed E-state index contributed by atoms with van der Waals surface area (Å²) in [6.45, 7) is 0.856. The molecular weight excluding hydrogens is 336 g/mol. The van der Waals surface area contributed by atoms with Gasteiger partial charge in [-0.15, -0.1) is 12.4 Å². The number of carbonyl (C=O) groups excluding carboxylic acids is 1. The maximum Gasteiger partial charge on any atom is 0.267 e. The monoisotopic (exact) mass is 352 g/mol. The molecule has 23 heavy (non-hydrogen) atoms. The van der Waals surface area contributed by atoms with Crippen LogP contribution in [0.5, 0.6) is 0 Å². The van der Waals surface area contributed by atoms with Gasteiger partial charge in [-0.2, -0.15) is 0 Å². The normalized spacial score (nSPS) is 13.8. The zero-order chi connectivity index (χ0) is 15.5. The molecule has 8 heteroatoms. The molecule has 1 aliphatic heterocycles. The SMILES string of the molecule is Cl.NC(CNC(=O)c1cnc2n(c1=O)CCS2)c1ccccc1. The molecule has 0 saturated carbocycles. The molecule has 0 saturated heterocycles. The van der Waals surface area contributed by atoms with E-state index in [-0.39, 0.29) is 36.1 Å². The predicted octanol–water partition coefficient (Wildman–Crippen LogP) is 1.20. The first-order chi connectivity index (χ1) is 10.7. The van der Waals surface area contributed by atoms with E-state index in [2.05, 4.69) is 10.3 Å². The van der Waals surface area contributed by atoms with Crippen molar-refractivity contribution in [1.29, 1.82) is 0 Å². The van der Waals surface area contributed by atoms with Crippen LogP contribution in [0.2, 0.25) is 0 Å². The second-order valence-electron chi connectivity index (χ2n) is 4.99. The van der Waals surface area contributed by atoms with Crippen LogP contribution in [0.1, 0.15) is 22.0 Å². The molecule has 1 atom stereocenters. The summed E-state index contributed by atoms with van der Waals surface area (Å²) < 4.78 is 1.54. The number of nitrogens with zero attached hydrogens (tertiary/aromatic N) is 2. The Kier molecular flexibility index (Phi) is 5.81. The molecule has 1 aliphatic rings. The largest absolute Gasteiger partial charge is 0.350 e. The van der Waals surface area contributed by atoms with Gasteiger partial charge in [-0.3, -0.25) is 14.2 Å². The van der Waals surface area contributed by atoms with E-state index in [0.29, 0.717) is 11.7 Å². The fourth-order valence-electron chi connectivity index (χ4n) is 2.29. The fourth-order valence-corrected chi connectivity index (χ4v) is 3.20. The number of fused-ring (bicyclic) bond motifs is 1. The van der Waals surface area contributed by atoms with Crippen molar-refractivity contribution < 1.29 is 4.79 Å². The summed E-state index contributed by atoms with van der Waals surface area (Å²) in [6, 6.07) is 9.19. The summed E-state index contributed by atoms with van der Waals surface area (Å²) >= 11 is 1.52. The van der Waals surface area contributed by atoms with Gasteiger partial charge >= 0.3 is 0 Å². The van der Waals surface area contributed by atoms with Crippen LogP contribution in [0.15, 0.2) is 46.5 Å². The van der Waals surface area contributed by atoms with Crippen LogP contribution in [-0.4, -0.2) is 27.8 Å². The van der Waals surface area contributed by atoms with Gasteiger partial charge in [-0.25, -0.2) is 4.98 Å². The zero-order valence-corrected chi connectivity index (χ0v) is 13.9. The molecule has 0 radical (unpaired) electrons. The van der Waals surface area contributed by atoms with E-state index >= 15 is 0 Å². The van der Waals surface area contributed by atoms with Crippen molar-refractivity contribution in [1.82, 2.24) is 14.9 Å². The molecule has 1 unspecified atom stereocenters. The smallest absolute Gasteiger partial charge is 0.267 e. The van der Waals surface area contributed by atoms with Gasteiger partial charge in [0.2, 0.25) is 0 Å². The molecule has 0 fully saturated rings. The van der Waals surface area contributed by atoms with E-state index in [4.69, 9.17) is 5.73 Å². The van der Waals surface area contributed by atoms with Gasteiger partial charge in [0.05, 0.1) is 0 Å². The number of carbonyl (C=O) groups is 1. The lowest BCUT2D eigenvalue weighted by Crippen LogP contribution is -2.36. The van der Waals surface area contributed by atoms with Crippen LogP contribution < -0.4 is 16.6 Å². The van der Waals surface area contributed by atoms with E-state index in [1.54, 1.807) is 0 Å². The van der Waals surface area contributed by atoms with Gasteiger partial charge in [-0.1, -0.05) is 42.1 Å². The van der Waals surface area contributed by atoms with Crippen molar-refractivity contribution in [2.75, 3.05) is 12.3 Å². The maximum atomic E-state index is 12.2. The number of benzene rings is 1. The highest BCUT2D eigenvalue weighted by Gasteiger charge is 2.20. The van der Waals surface area contributed by atoms with Crippen molar-refractivity contribution in [3.8, 4) is 0 Å². The molecule has 1 amide bonds. The summed E-state index contributed by atoms with van der Waals surface area (Å²) in [7, 11) is 0. The second-order valence-corrected chi connectivity index (χ2v) is 6.05. The Morgan fingerprint density at radius 3 is 2.87 bits per heavy atom. The van der Waals surface area contributed by atoms with Crippen molar-refractivity contribution in [3.63, 3.8) is 0 Å². The number of aromatic nitrogens is 2. The maximum absolute atomic E-state index is 12.2. The zero-order valence-electron chi connectivity index (χ0n) is 12.3. The Morgan fingerprint density at radius 2 is 2.13 bits per heavy atom. The third kappa shape index (κ3) is 3.74. The van der Waals surface area contributed by atoms with Crippen molar-refractivity contribution in [2.45, 2.75) is 17.7 Å². The standard InChI is InChI=1S/C15H16N4O2S.ClH/c16-12(10-4-2-1-3-5-10)9-17-13(20)11-8-18-15-19(14(11)21)6-7-22-15;/h1-5,8,12H,6-7,9,16H2,(H,17,20);1H. The Balaban J connectivity index is 0.00000192. The van der Waals surface area contributed by atoms with E-state index in [1.807, 2.05) is 30.3 Å². The Labute approximate surface area is 143 Å². The summed E-state index contributed by atoms with van der Waals surface area (Å²) in [5.74, 6) is 0.378. The fraction of sp³-hybridized carbons (Fsp3) is 0.267. The third-order valence-electron chi connectivity index (χ3n) is 3.51. The summed E-state index contributed by atoms with van der Waals surface area (Å²) in [6.07, 6.45) is 1.34. The first-order valence-corrected chi connectivity index (χ1v) is 7.97. The number of thioether (sulfide) groups is 1. The van der Waals surface area contributed by atoms with Crippen LogP contribution in [0.3, 0.4) is 0 Å². The predicted molar refractivity (Wildman–Crippen MR) is 92.2 cm³/mol. The summed E-state index contributed by atoms with van der Waals surface area (Å²) in [5, 5.41) is 3.37. The minimum Gasteiger partial charge on any atom is -0.350 e. The lowest BCUT2D eigenvalue weighted by atomic mass is 10.1.